The molecule has 0 spiro atoms. The highest BCUT2D eigenvalue weighted by atomic mass is 16.6. The molecule has 0 fully saturated rings. The normalized spacial score (nSPS) is 12.0. The van der Waals surface area contributed by atoms with Crippen molar-refractivity contribution < 1.29 is 19.1 Å². The van der Waals surface area contributed by atoms with Gasteiger partial charge in [-0.1, -0.05) is 124 Å². The standard InChI is InChI=1S/2C16H32O2/c1-5-6-7-8-9-10-11-12-13-14-15(17)18-16(2,3)4;1-4-6-7-8-9-10-11-12-13-14-16(17)18-15(3)5-2/h5-14H2,1-4H3;15H,4-14H2,1-3H3. The van der Waals surface area contributed by atoms with Gasteiger partial charge in [-0.3, -0.25) is 9.59 Å². The van der Waals surface area contributed by atoms with Crippen molar-refractivity contribution in [3.05, 3.63) is 0 Å². The van der Waals surface area contributed by atoms with E-state index in [0.29, 0.717) is 12.8 Å². The Balaban J connectivity index is 0. The highest BCUT2D eigenvalue weighted by molar-refractivity contribution is 5.69. The first kappa shape index (κ1) is 37.1. The number of carbonyl (C=O) groups is 2. The van der Waals surface area contributed by atoms with Crippen molar-refractivity contribution in [3.8, 4) is 0 Å². The highest BCUT2D eigenvalue weighted by Gasteiger charge is 2.15. The van der Waals surface area contributed by atoms with E-state index in [1.807, 2.05) is 34.6 Å². The van der Waals surface area contributed by atoms with Gasteiger partial charge in [-0.15, -0.1) is 0 Å². The predicted molar refractivity (Wildman–Crippen MR) is 155 cm³/mol. The first-order valence-electron chi connectivity index (χ1n) is 15.6. The monoisotopic (exact) mass is 512 g/mol. The molecule has 1 unspecified atom stereocenters. The van der Waals surface area contributed by atoms with Crippen molar-refractivity contribution in [2.75, 3.05) is 0 Å². The molecule has 4 nitrogen and oxygen atoms in total. The zero-order chi connectivity index (χ0) is 27.5. The zero-order valence-electron chi connectivity index (χ0n) is 25.6. The molecule has 0 aromatic carbocycles. The molecule has 0 aliphatic rings. The summed E-state index contributed by atoms with van der Waals surface area (Å²) in [6.45, 7) is 14.2. The number of hydrogen-bond acceptors (Lipinski definition) is 4. The van der Waals surface area contributed by atoms with E-state index >= 15 is 0 Å². The van der Waals surface area contributed by atoms with Crippen molar-refractivity contribution >= 4 is 11.9 Å². The molecule has 0 N–H and O–H groups in total. The average molecular weight is 513 g/mol. The lowest BCUT2D eigenvalue weighted by Gasteiger charge is -2.19. The topological polar surface area (TPSA) is 52.6 Å². The number of esters is 2. The van der Waals surface area contributed by atoms with Gasteiger partial charge in [-0.25, -0.2) is 0 Å². The lowest BCUT2D eigenvalue weighted by atomic mass is 10.1. The first-order valence-corrected chi connectivity index (χ1v) is 15.6. The van der Waals surface area contributed by atoms with Gasteiger partial charge in [-0.05, 0) is 47.0 Å². The Hall–Kier alpha value is -1.06. The van der Waals surface area contributed by atoms with E-state index < -0.39 is 0 Å². The summed E-state index contributed by atoms with van der Waals surface area (Å²) in [5.74, 6) is -0.0715. The number of unbranched alkanes of at least 4 members (excludes halogenated alkanes) is 16. The lowest BCUT2D eigenvalue weighted by Crippen LogP contribution is -2.23. The molecule has 0 amide bonds. The number of carbonyl (C=O) groups excluding carboxylic acids is 2. The summed E-state index contributed by atoms with van der Waals surface area (Å²) in [4.78, 5) is 22.8. The molecule has 0 saturated carbocycles. The van der Waals surface area contributed by atoms with Crippen LogP contribution in [-0.2, 0) is 19.1 Å². The minimum Gasteiger partial charge on any atom is -0.463 e. The second-order valence-corrected chi connectivity index (χ2v) is 11.5. The Morgan fingerprint density at radius 2 is 0.889 bits per heavy atom. The van der Waals surface area contributed by atoms with Crippen LogP contribution in [0.2, 0.25) is 0 Å². The third-order valence-electron chi connectivity index (χ3n) is 6.30. The van der Waals surface area contributed by atoms with Gasteiger partial charge in [0.15, 0.2) is 0 Å². The molecule has 0 radical (unpaired) electrons. The number of hydrogen-bond donors (Lipinski definition) is 0. The fraction of sp³-hybridized carbons (Fsp3) is 0.938. The zero-order valence-corrected chi connectivity index (χ0v) is 25.6. The Labute approximate surface area is 226 Å². The second-order valence-electron chi connectivity index (χ2n) is 11.5. The minimum atomic E-state index is -0.337. The largest absolute Gasteiger partial charge is 0.463 e. The molecule has 0 bridgehead atoms. The van der Waals surface area contributed by atoms with Crippen LogP contribution in [0.4, 0.5) is 0 Å². The molecule has 0 aliphatic carbocycles. The van der Waals surface area contributed by atoms with Gasteiger partial charge in [-0.2, -0.15) is 0 Å². The number of ether oxygens (including phenoxy) is 2. The van der Waals surface area contributed by atoms with E-state index in [4.69, 9.17) is 9.47 Å². The average Bonchev–Trinajstić information content (AvgIpc) is 2.81. The molecule has 36 heavy (non-hydrogen) atoms. The highest BCUT2D eigenvalue weighted by Crippen LogP contribution is 2.13. The molecular weight excluding hydrogens is 448 g/mol. The predicted octanol–water partition coefficient (Wildman–Crippen LogP) is 10.5. The SMILES string of the molecule is CCCCCCCCCCCC(=O)OC(C)(C)C.CCCCCCCCCCCC(=O)OC(C)CC. The molecule has 0 aliphatic heterocycles. The lowest BCUT2D eigenvalue weighted by molar-refractivity contribution is -0.155. The maximum atomic E-state index is 11.4. The van der Waals surface area contributed by atoms with E-state index in [2.05, 4.69) is 13.8 Å². The molecule has 0 rings (SSSR count). The van der Waals surface area contributed by atoms with Gasteiger partial charge in [0, 0.05) is 12.8 Å². The van der Waals surface area contributed by atoms with Crippen LogP contribution < -0.4 is 0 Å². The maximum absolute atomic E-state index is 11.4. The third kappa shape index (κ3) is 32.9. The van der Waals surface area contributed by atoms with Crippen LogP contribution in [0.1, 0.15) is 183 Å². The van der Waals surface area contributed by atoms with Crippen LogP contribution in [0.15, 0.2) is 0 Å². The Morgan fingerprint density at radius 1 is 0.556 bits per heavy atom. The molecule has 0 aromatic heterocycles. The summed E-state index contributed by atoms with van der Waals surface area (Å²) in [5, 5.41) is 0. The maximum Gasteiger partial charge on any atom is 0.306 e. The Morgan fingerprint density at radius 3 is 1.22 bits per heavy atom. The van der Waals surface area contributed by atoms with Crippen LogP contribution >= 0.6 is 0 Å². The number of rotatable bonds is 22. The fourth-order valence-corrected chi connectivity index (χ4v) is 3.92. The first-order chi connectivity index (χ1) is 17.2. The molecule has 4 heteroatoms. The van der Waals surface area contributed by atoms with Crippen molar-refractivity contribution in [2.24, 2.45) is 0 Å². The van der Waals surface area contributed by atoms with Crippen LogP contribution in [0.25, 0.3) is 0 Å². The van der Waals surface area contributed by atoms with Gasteiger partial charge in [0.05, 0.1) is 6.10 Å². The summed E-state index contributed by atoms with van der Waals surface area (Å²) in [7, 11) is 0. The van der Waals surface area contributed by atoms with Crippen LogP contribution in [0.3, 0.4) is 0 Å². The van der Waals surface area contributed by atoms with E-state index in [9.17, 15) is 9.59 Å². The fourth-order valence-electron chi connectivity index (χ4n) is 3.92. The molecule has 0 saturated heterocycles. The van der Waals surface area contributed by atoms with E-state index in [1.165, 1.54) is 96.3 Å². The minimum absolute atomic E-state index is 0.0210. The Bertz CT molecular complexity index is 481. The van der Waals surface area contributed by atoms with Gasteiger partial charge in [0.25, 0.3) is 0 Å². The summed E-state index contributed by atoms with van der Waals surface area (Å²) >= 11 is 0. The second kappa shape index (κ2) is 27.0. The van der Waals surface area contributed by atoms with E-state index in [0.717, 1.165) is 25.7 Å². The van der Waals surface area contributed by atoms with Crippen molar-refractivity contribution in [3.63, 3.8) is 0 Å². The molecule has 0 heterocycles. The summed E-state index contributed by atoms with van der Waals surface area (Å²) < 4.78 is 10.5. The summed E-state index contributed by atoms with van der Waals surface area (Å²) in [5.41, 5.74) is -0.337. The molecule has 1 atom stereocenters. The van der Waals surface area contributed by atoms with Crippen molar-refractivity contribution in [2.45, 2.75) is 195 Å². The van der Waals surface area contributed by atoms with E-state index in [-0.39, 0.29) is 23.6 Å². The summed E-state index contributed by atoms with van der Waals surface area (Å²) in [6.07, 6.45) is 25.2. The van der Waals surface area contributed by atoms with Crippen molar-refractivity contribution in [1.82, 2.24) is 0 Å². The van der Waals surface area contributed by atoms with Gasteiger partial charge in [0.1, 0.15) is 5.60 Å². The molecular formula is C32H64O4. The third-order valence-corrected chi connectivity index (χ3v) is 6.30. The molecule has 216 valence electrons. The van der Waals surface area contributed by atoms with Crippen LogP contribution in [0, 0.1) is 0 Å². The van der Waals surface area contributed by atoms with E-state index in [1.54, 1.807) is 0 Å². The van der Waals surface area contributed by atoms with Gasteiger partial charge < -0.3 is 9.47 Å². The smallest absolute Gasteiger partial charge is 0.306 e. The summed E-state index contributed by atoms with van der Waals surface area (Å²) in [6, 6.07) is 0. The molecule has 0 aromatic rings. The van der Waals surface area contributed by atoms with Crippen molar-refractivity contribution in [1.29, 1.82) is 0 Å². The van der Waals surface area contributed by atoms with Crippen LogP contribution in [-0.4, -0.2) is 23.6 Å². The van der Waals surface area contributed by atoms with Gasteiger partial charge in [0.2, 0.25) is 0 Å². The Kier molecular flexibility index (Phi) is 27.8. The van der Waals surface area contributed by atoms with Crippen LogP contribution in [0.5, 0.6) is 0 Å². The quantitative estimate of drug-likeness (QED) is 0.107. The van der Waals surface area contributed by atoms with Gasteiger partial charge >= 0.3 is 11.9 Å².